The van der Waals surface area contributed by atoms with Crippen molar-refractivity contribution in [1.82, 2.24) is 5.32 Å². The highest BCUT2D eigenvalue weighted by molar-refractivity contribution is 5.81. The van der Waals surface area contributed by atoms with Crippen LogP contribution in [0.3, 0.4) is 0 Å². The van der Waals surface area contributed by atoms with E-state index in [2.05, 4.69) is 24.4 Å². The molecule has 0 bridgehead atoms. The van der Waals surface area contributed by atoms with Gasteiger partial charge in [0.15, 0.2) is 0 Å². The van der Waals surface area contributed by atoms with Gasteiger partial charge in [-0.3, -0.25) is 4.79 Å². The molecule has 1 aromatic rings. The summed E-state index contributed by atoms with van der Waals surface area (Å²) < 4.78 is 0. The minimum atomic E-state index is -0.390. The number of benzene rings is 1. The van der Waals surface area contributed by atoms with Crippen LogP contribution in [0.5, 0.6) is 0 Å². The minimum absolute atomic E-state index is 0.00923. The summed E-state index contributed by atoms with van der Waals surface area (Å²) in [5, 5.41) is 2.95. The number of nitrogens with two attached hydrogens (primary N) is 1. The van der Waals surface area contributed by atoms with Crippen molar-refractivity contribution in [1.29, 1.82) is 0 Å². The van der Waals surface area contributed by atoms with E-state index < -0.39 is 0 Å². The molecule has 1 aromatic carbocycles. The Kier molecular flexibility index (Phi) is 4.37. The fraction of sp³-hybridized carbons (Fsp3) is 0.533. The molecule has 2 rings (SSSR count). The van der Waals surface area contributed by atoms with Crippen LogP contribution in [0.25, 0.3) is 0 Å². The van der Waals surface area contributed by atoms with E-state index in [1.807, 2.05) is 18.2 Å². The normalized spacial score (nSPS) is 23.4. The molecule has 2 unspecified atom stereocenters. The van der Waals surface area contributed by atoms with E-state index in [-0.39, 0.29) is 11.9 Å². The Labute approximate surface area is 109 Å². The third-order valence-corrected chi connectivity index (χ3v) is 3.74. The fourth-order valence-corrected chi connectivity index (χ4v) is 2.14. The second-order valence-corrected chi connectivity index (χ2v) is 5.35. The average Bonchev–Trinajstić information content (AvgIpc) is 3.10. The van der Waals surface area contributed by atoms with E-state index in [0.29, 0.717) is 12.3 Å². The van der Waals surface area contributed by atoms with E-state index in [4.69, 9.17) is 5.73 Å². The van der Waals surface area contributed by atoms with Gasteiger partial charge in [-0.2, -0.15) is 0 Å². The lowest BCUT2D eigenvalue weighted by atomic mass is 10.1. The van der Waals surface area contributed by atoms with Crippen LogP contribution in [0.2, 0.25) is 0 Å². The topological polar surface area (TPSA) is 55.1 Å². The van der Waals surface area contributed by atoms with Gasteiger partial charge in [0.2, 0.25) is 5.91 Å². The molecule has 3 nitrogen and oxygen atoms in total. The molecule has 1 saturated carbocycles. The molecule has 1 amide bonds. The fourth-order valence-electron chi connectivity index (χ4n) is 2.14. The lowest BCUT2D eigenvalue weighted by Crippen LogP contribution is -2.41. The van der Waals surface area contributed by atoms with Gasteiger partial charge in [-0.25, -0.2) is 0 Å². The van der Waals surface area contributed by atoms with Gasteiger partial charge in [-0.15, -0.1) is 0 Å². The van der Waals surface area contributed by atoms with Crippen molar-refractivity contribution >= 4 is 5.91 Å². The van der Waals surface area contributed by atoms with E-state index >= 15 is 0 Å². The van der Waals surface area contributed by atoms with Crippen molar-refractivity contribution < 1.29 is 4.79 Å². The first-order chi connectivity index (χ1) is 8.66. The molecular weight excluding hydrogens is 224 g/mol. The second-order valence-electron chi connectivity index (χ2n) is 5.35. The number of rotatable bonds is 6. The summed E-state index contributed by atoms with van der Waals surface area (Å²) in [5.41, 5.74) is 7.13. The summed E-state index contributed by atoms with van der Waals surface area (Å²) in [5.74, 6) is 1.44. The highest BCUT2D eigenvalue weighted by Crippen LogP contribution is 2.36. The lowest BCUT2D eigenvalue weighted by molar-refractivity contribution is -0.122. The number of hydrogen-bond acceptors (Lipinski definition) is 2. The van der Waals surface area contributed by atoms with Gasteiger partial charge in [0, 0.05) is 6.54 Å². The standard InChI is InChI=1S/C15H22N2O/c1-11-9-13(11)10-17-15(18)14(16)8-7-12-5-3-2-4-6-12/h2-6,11,13-14H,7-10,16H2,1H3,(H,17,18)/t11?,13?,14-/m0/s1. The van der Waals surface area contributed by atoms with Gasteiger partial charge in [-0.1, -0.05) is 37.3 Å². The molecule has 98 valence electrons. The Balaban J connectivity index is 1.67. The predicted molar refractivity (Wildman–Crippen MR) is 73.0 cm³/mol. The monoisotopic (exact) mass is 246 g/mol. The van der Waals surface area contributed by atoms with E-state index in [0.717, 1.165) is 18.9 Å². The maximum absolute atomic E-state index is 11.8. The van der Waals surface area contributed by atoms with Gasteiger partial charge < -0.3 is 11.1 Å². The highest BCUT2D eigenvalue weighted by Gasteiger charge is 2.32. The Hall–Kier alpha value is -1.35. The van der Waals surface area contributed by atoms with Crippen LogP contribution in [0.15, 0.2) is 30.3 Å². The van der Waals surface area contributed by atoms with Crippen LogP contribution in [0.4, 0.5) is 0 Å². The van der Waals surface area contributed by atoms with Crippen LogP contribution in [-0.2, 0) is 11.2 Å². The Morgan fingerprint density at radius 2 is 2.11 bits per heavy atom. The van der Waals surface area contributed by atoms with Crippen molar-refractivity contribution in [2.24, 2.45) is 17.6 Å². The number of carbonyl (C=O) groups excluding carboxylic acids is 1. The van der Waals surface area contributed by atoms with Gasteiger partial charge >= 0.3 is 0 Å². The Morgan fingerprint density at radius 1 is 1.44 bits per heavy atom. The van der Waals surface area contributed by atoms with Gasteiger partial charge in [-0.05, 0) is 36.7 Å². The average molecular weight is 246 g/mol. The summed E-state index contributed by atoms with van der Waals surface area (Å²) in [6, 6.07) is 9.75. The molecule has 1 aliphatic rings. The zero-order chi connectivity index (χ0) is 13.0. The molecule has 3 atom stereocenters. The van der Waals surface area contributed by atoms with E-state index in [1.54, 1.807) is 0 Å². The van der Waals surface area contributed by atoms with Crippen molar-refractivity contribution in [3.05, 3.63) is 35.9 Å². The zero-order valence-electron chi connectivity index (χ0n) is 10.9. The number of aryl methyl sites for hydroxylation is 1. The first-order valence-electron chi connectivity index (χ1n) is 6.74. The van der Waals surface area contributed by atoms with E-state index in [1.165, 1.54) is 12.0 Å². The first kappa shape index (κ1) is 13.1. The van der Waals surface area contributed by atoms with Gasteiger partial charge in [0.25, 0.3) is 0 Å². The number of amides is 1. The van der Waals surface area contributed by atoms with Crippen molar-refractivity contribution in [2.45, 2.75) is 32.2 Å². The largest absolute Gasteiger partial charge is 0.354 e. The molecule has 0 heterocycles. The van der Waals surface area contributed by atoms with E-state index in [9.17, 15) is 4.79 Å². The third kappa shape index (κ3) is 3.84. The molecule has 0 aliphatic heterocycles. The SMILES string of the molecule is CC1CC1CNC(=O)[C@@H](N)CCc1ccccc1. The molecule has 0 radical (unpaired) electrons. The number of hydrogen-bond donors (Lipinski definition) is 2. The van der Waals surface area contributed by atoms with Crippen LogP contribution in [0, 0.1) is 11.8 Å². The summed E-state index contributed by atoms with van der Waals surface area (Å²) in [4.78, 5) is 11.8. The minimum Gasteiger partial charge on any atom is -0.354 e. The van der Waals surface area contributed by atoms with Crippen LogP contribution >= 0.6 is 0 Å². The molecule has 3 heteroatoms. The number of nitrogens with one attached hydrogen (secondary N) is 1. The van der Waals surface area contributed by atoms with Crippen LogP contribution in [-0.4, -0.2) is 18.5 Å². The summed E-state index contributed by atoms with van der Waals surface area (Å²) in [6.45, 7) is 3.01. The van der Waals surface area contributed by atoms with Gasteiger partial charge in [0.1, 0.15) is 0 Å². The zero-order valence-corrected chi connectivity index (χ0v) is 10.9. The van der Waals surface area contributed by atoms with Crippen molar-refractivity contribution in [2.75, 3.05) is 6.54 Å². The molecule has 1 aliphatic carbocycles. The summed E-state index contributed by atoms with van der Waals surface area (Å²) in [7, 11) is 0. The maximum atomic E-state index is 11.8. The van der Waals surface area contributed by atoms with Crippen molar-refractivity contribution in [3.63, 3.8) is 0 Å². The molecule has 0 saturated heterocycles. The second kappa shape index (κ2) is 6.01. The highest BCUT2D eigenvalue weighted by atomic mass is 16.2. The molecule has 0 aromatic heterocycles. The molecule has 1 fully saturated rings. The Bertz CT molecular complexity index is 391. The molecule has 18 heavy (non-hydrogen) atoms. The van der Waals surface area contributed by atoms with Crippen molar-refractivity contribution in [3.8, 4) is 0 Å². The first-order valence-corrected chi connectivity index (χ1v) is 6.74. The molecular formula is C15H22N2O. The molecule has 3 N–H and O–H groups in total. The van der Waals surface area contributed by atoms with Crippen LogP contribution < -0.4 is 11.1 Å². The Morgan fingerprint density at radius 3 is 2.72 bits per heavy atom. The van der Waals surface area contributed by atoms with Gasteiger partial charge in [0.05, 0.1) is 6.04 Å². The smallest absolute Gasteiger partial charge is 0.236 e. The molecule has 0 spiro atoms. The third-order valence-electron chi connectivity index (χ3n) is 3.74. The summed E-state index contributed by atoms with van der Waals surface area (Å²) >= 11 is 0. The lowest BCUT2D eigenvalue weighted by Gasteiger charge is -2.12. The maximum Gasteiger partial charge on any atom is 0.236 e. The number of carbonyl (C=O) groups is 1. The van der Waals surface area contributed by atoms with Crippen LogP contribution in [0.1, 0.15) is 25.3 Å². The predicted octanol–water partition coefficient (Wildman–Crippen LogP) is 1.72. The summed E-state index contributed by atoms with van der Waals surface area (Å²) in [6.07, 6.45) is 2.80. The quantitative estimate of drug-likeness (QED) is 0.803.